The van der Waals surface area contributed by atoms with Gasteiger partial charge in [-0.15, -0.1) is 11.3 Å². The summed E-state index contributed by atoms with van der Waals surface area (Å²) >= 11 is 1.48. The van der Waals surface area contributed by atoms with Gasteiger partial charge in [0.15, 0.2) is 0 Å². The molecule has 5 nitrogen and oxygen atoms in total. The number of anilines is 1. The van der Waals surface area contributed by atoms with Crippen LogP contribution >= 0.6 is 11.3 Å². The summed E-state index contributed by atoms with van der Waals surface area (Å²) in [7, 11) is 1.75. The van der Waals surface area contributed by atoms with Crippen molar-refractivity contribution in [1.82, 2.24) is 9.55 Å². The molecule has 0 fully saturated rings. The molecule has 0 aliphatic carbocycles. The Morgan fingerprint density at radius 3 is 2.94 bits per heavy atom. The Morgan fingerprint density at radius 2 is 2.41 bits per heavy atom. The average molecular weight is 251 g/mol. The van der Waals surface area contributed by atoms with Crippen molar-refractivity contribution in [2.45, 2.75) is 13.5 Å². The topological polar surface area (TPSA) is 70.1 Å². The van der Waals surface area contributed by atoms with Crippen molar-refractivity contribution >= 4 is 23.0 Å². The highest BCUT2D eigenvalue weighted by molar-refractivity contribution is 7.09. The van der Waals surface area contributed by atoms with Gasteiger partial charge in [0.05, 0.1) is 5.69 Å². The van der Waals surface area contributed by atoms with E-state index in [4.69, 9.17) is 10.5 Å². The minimum absolute atomic E-state index is 0.197. The molecule has 2 N–H and O–H groups in total. The van der Waals surface area contributed by atoms with Gasteiger partial charge >= 0.3 is 5.97 Å². The summed E-state index contributed by atoms with van der Waals surface area (Å²) in [5.74, 6) is -0.392. The molecular weight excluding hydrogens is 238 g/mol. The Labute approximate surface area is 103 Å². The van der Waals surface area contributed by atoms with Gasteiger partial charge in [-0.25, -0.2) is 9.78 Å². The molecule has 2 heterocycles. The van der Waals surface area contributed by atoms with Crippen LogP contribution in [0.5, 0.6) is 0 Å². The highest BCUT2D eigenvalue weighted by atomic mass is 32.1. The number of thiazole rings is 1. The van der Waals surface area contributed by atoms with Crippen LogP contribution in [0.4, 0.5) is 5.69 Å². The molecule has 2 aromatic rings. The average Bonchev–Trinajstić information content (AvgIpc) is 2.81. The molecule has 0 saturated heterocycles. The van der Waals surface area contributed by atoms with E-state index in [0.717, 1.165) is 10.7 Å². The Bertz CT molecular complexity index is 545. The third-order valence-electron chi connectivity index (χ3n) is 2.23. The Hall–Kier alpha value is -1.82. The Kier molecular flexibility index (Phi) is 3.14. The summed E-state index contributed by atoms with van der Waals surface area (Å²) in [4.78, 5) is 16.0. The molecule has 2 aromatic heterocycles. The largest absolute Gasteiger partial charge is 0.454 e. The van der Waals surface area contributed by atoms with Gasteiger partial charge in [0, 0.05) is 24.3 Å². The fourth-order valence-electron chi connectivity index (χ4n) is 1.46. The minimum Gasteiger partial charge on any atom is -0.454 e. The molecule has 90 valence electrons. The SMILES string of the molecule is Cc1csc(COC(=O)c2cc(N)cn2C)n1. The normalized spacial score (nSPS) is 10.5. The van der Waals surface area contributed by atoms with Gasteiger partial charge in [-0.3, -0.25) is 0 Å². The van der Waals surface area contributed by atoms with E-state index >= 15 is 0 Å². The van der Waals surface area contributed by atoms with Crippen LogP contribution in [0, 0.1) is 6.92 Å². The fraction of sp³-hybridized carbons (Fsp3) is 0.273. The quantitative estimate of drug-likeness (QED) is 0.843. The molecule has 0 unspecified atom stereocenters. The van der Waals surface area contributed by atoms with Crippen LogP contribution in [0.15, 0.2) is 17.6 Å². The minimum atomic E-state index is -0.392. The Balaban J connectivity index is 2.00. The lowest BCUT2D eigenvalue weighted by molar-refractivity contribution is 0.0461. The lowest BCUT2D eigenvalue weighted by Gasteiger charge is -2.03. The van der Waals surface area contributed by atoms with E-state index in [1.165, 1.54) is 11.3 Å². The number of nitrogens with two attached hydrogens (primary N) is 1. The summed E-state index contributed by atoms with van der Waals surface area (Å²) < 4.78 is 6.80. The first-order valence-electron chi connectivity index (χ1n) is 5.06. The number of ether oxygens (including phenoxy) is 1. The van der Waals surface area contributed by atoms with Gasteiger partial charge in [-0.05, 0) is 13.0 Å². The molecule has 2 rings (SSSR count). The van der Waals surface area contributed by atoms with Crippen LogP contribution in [0.25, 0.3) is 0 Å². The summed E-state index contributed by atoms with van der Waals surface area (Å²) in [5, 5.41) is 2.71. The molecular formula is C11H13N3O2S. The number of hydrogen-bond acceptors (Lipinski definition) is 5. The predicted molar refractivity (Wildman–Crippen MR) is 65.8 cm³/mol. The van der Waals surface area contributed by atoms with Crippen molar-refractivity contribution in [3.63, 3.8) is 0 Å². The maximum absolute atomic E-state index is 11.7. The summed E-state index contributed by atoms with van der Waals surface area (Å²) in [6.45, 7) is 2.10. The van der Waals surface area contributed by atoms with E-state index in [2.05, 4.69) is 4.98 Å². The van der Waals surface area contributed by atoms with Crippen molar-refractivity contribution < 1.29 is 9.53 Å². The fourth-order valence-corrected chi connectivity index (χ4v) is 2.15. The molecule has 0 aliphatic rings. The van der Waals surface area contributed by atoms with E-state index < -0.39 is 5.97 Å². The van der Waals surface area contributed by atoms with E-state index in [0.29, 0.717) is 11.4 Å². The lowest BCUT2D eigenvalue weighted by Crippen LogP contribution is -2.09. The molecule has 6 heteroatoms. The number of carbonyl (C=O) groups excluding carboxylic acids is 1. The smallest absolute Gasteiger partial charge is 0.355 e. The summed E-state index contributed by atoms with van der Waals surface area (Å²) in [6.07, 6.45) is 1.67. The molecule has 0 bridgehead atoms. The van der Waals surface area contributed by atoms with Gasteiger partial charge in [-0.2, -0.15) is 0 Å². The van der Waals surface area contributed by atoms with Gasteiger partial charge in [-0.1, -0.05) is 0 Å². The predicted octanol–water partition coefficient (Wildman–Crippen LogP) is 1.73. The number of aryl methyl sites for hydroxylation is 2. The van der Waals surface area contributed by atoms with E-state index in [9.17, 15) is 4.79 Å². The van der Waals surface area contributed by atoms with Crippen LogP contribution < -0.4 is 5.73 Å². The molecule has 0 aromatic carbocycles. The second-order valence-corrected chi connectivity index (χ2v) is 4.67. The van der Waals surface area contributed by atoms with Gasteiger partial charge in [0.25, 0.3) is 0 Å². The standard InChI is InChI=1S/C11H13N3O2S/c1-7-6-17-10(13-7)5-16-11(15)9-3-8(12)4-14(9)2/h3-4,6H,5,12H2,1-2H3. The first-order valence-corrected chi connectivity index (χ1v) is 5.94. The number of esters is 1. The number of carbonyl (C=O) groups is 1. The van der Waals surface area contributed by atoms with Gasteiger partial charge in [0.2, 0.25) is 0 Å². The van der Waals surface area contributed by atoms with Crippen LogP contribution in [0.2, 0.25) is 0 Å². The van der Waals surface area contributed by atoms with Crippen LogP contribution in [-0.2, 0) is 18.4 Å². The van der Waals surface area contributed by atoms with Crippen LogP contribution in [0.3, 0.4) is 0 Å². The van der Waals surface area contributed by atoms with Crippen molar-refractivity contribution in [2.24, 2.45) is 7.05 Å². The lowest BCUT2D eigenvalue weighted by atomic mass is 10.4. The number of nitrogen functional groups attached to an aromatic ring is 1. The van der Waals surface area contributed by atoms with E-state index in [1.807, 2.05) is 12.3 Å². The van der Waals surface area contributed by atoms with Gasteiger partial charge < -0.3 is 15.0 Å². The first-order chi connectivity index (χ1) is 8.06. The second-order valence-electron chi connectivity index (χ2n) is 3.73. The molecule has 0 saturated carbocycles. The number of rotatable bonds is 3. The molecule has 0 aliphatic heterocycles. The number of aromatic nitrogens is 2. The number of hydrogen-bond donors (Lipinski definition) is 1. The maximum atomic E-state index is 11.7. The zero-order valence-electron chi connectivity index (χ0n) is 9.64. The molecule has 0 spiro atoms. The molecule has 0 radical (unpaired) electrons. The zero-order valence-corrected chi connectivity index (χ0v) is 10.5. The molecule has 0 atom stereocenters. The highest BCUT2D eigenvalue weighted by Gasteiger charge is 2.13. The van der Waals surface area contributed by atoms with Crippen LogP contribution in [0.1, 0.15) is 21.2 Å². The third kappa shape index (κ3) is 2.65. The Morgan fingerprint density at radius 1 is 1.65 bits per heavy atom. The van der Waals surface area contributed by atoms with Crippen molar-refractivity contribution in [2.75, 3.05) is 5.73 Å². The highest BCUT2D eigenvalue weighted by Crippen LogP contribution is 2.13. The first kappa shape index (κ1) is 11.7. The molecule has 17 heavy (non-hydrogen) atoms. The van der Waals surface area contributed by atoms with E-state index in [-0.39, 0.29) is 6.61 Å². The van der Waals surface area contributed by atoms with Gasteiger partial charge in [0.1, 0.15) is 17.3 Å². The van der Waals surface area contributed by atoms with E-state index in [1.54, 1.807) is 23.9 Å². The van der Waals surface area contributed by atoms with Crippen molar-refractivity contribution in [1.29, 1.82) is 0 Å². The maximum Gasteiger partial charge on any atom is 0.355 e. The van der Waals surface area contributed by atoms with Crippen molar-refractivity contribution in [3.8, 4) is 0 Å². The summed E-state index contributed by atoms with van der Waals surface area (Å²) in [6, 6.07) is 1.59. The summed E-state index contributed by atoms with van der Waals surface area (Å²) in [5.41, 5.74) is 7.51. The molecule has 0 amide bonds. The van der Waals surface area contributed by atoms with Crippen LogP contribution in [-0.4, -0.2) is 15.5 Å². The third-order valence-corrected chi connectivity index (χ3v) is 3.17. The second kappa shape index (κ2) is 4.58. The number of nitrogens with zero attached hydrogens (tertiary/aromatic N) is 2. The monoisotopic (exact) mass is 251 g/mol. The van der Waals surface area contributed by atoms with Crippen molar-refractivity contribution in [3.05, 3.63) is 34.0 Å². The zero-order chi connectivity index (χ0) is 12.4.